The third kappa shape index (κ3) is 58.5. The Hall–Kier alpha value is -1.17. The number of aliphatic hydroxyl groups excluding tert-OH is 3. The second-order valence-corrected chi connectivity index (χ2v) is 23.7. The van der Waals surface area contributed by atoms with Crippen LogP contribution in [0.2, 0.25) is 0 Å². The van der Waals surface area contributed by atoms with E-state index >= 15 is 0 Å². The fraction of sp³-hybridized carbons (Fsp3) is 0.928. The lowest BCUT2D eigenvalue weighted by molar-refractivity contribution is -0.131. The van der Waals surface area contributed by atoms with Gasteiger partial charge in [-0.3, -0.25) is 4.79 Å². The third-order valence-corrected chi connectivity index (χ3v) is 16.3. The molecule has 0 aliphatic heterocycles. The summed E-state index contributed by atoms with van der Waals surface area (Å²) in [5, 5.41) is 33.5. The van der Waals surface area contributed by atoms with Gasteiger partial charge in [-0.25, -0.2) is 0 Å². The van der Waals surface area contributed by atoms with Crippen molar-refractivity contribution in [3.63, 3.8) is 0 Å². The number of amides is 1. The molecule has 440 valence electrons. The van der Waals surface area contributed by atoms with Gasteiger partial charge in [-0.1, -0.05) is 378 Å². The van der Waals surface area contributed by atoms with E-state index in [0.717, 1.165) is 38.5 Å². The Bertz CT molecular complexity index is 1110. The van der Waals surface area contributed by atoms with E-state index in [9.17, 15) is 20.1 Å². The summed E-state index contributed by atoms with van der Waals surface area (Å²) in [6.45, 7) is 4.22. The first-order valence-corrected chi connectivity index (χ1v) is 34.2. The first-order chi connectivity index (χ1) is 36.6. The molecule has 1 amide bonds. The molecule has 4 N–H and O–H groups in total. The van der Waals surface area contributed by atoms with Gasteiger partial charge < -0.3 is 20.6 Å². The number of nitrogens with one attached hydrogen (secondary N) is 1. The Balaban J connectivity index is 3.46. The average Bonchev–Trinajstić information content (AvgIpc) is 3.41. The molecule has 5 nitrogen and oxygen atoms in total. The zero-order valence-electron chi connectivity index (χ0n) is 50.5. The molecule has 0 rings (SSSR count). The molecule has 74 heavy (non-hydrogen) atoms. The molecule has 0 aromatic heterocycles. The lowest BCUT2D eigenvalue weighted by Gasteiger charge is -2.21. The quantitative estimate of drug-likeness (QED) is 0.0361. The van der Waals surface area contributed by atoms with Crippen molar-refractivity contribution >= 4 is 5.91 Å². The van der Waals surface area contributed by atoms with Crippen LogP contribution < -0.4 is 5.32 Å². The fourth-order valence-corrected chi connectivity index (χ4v) is 11.0. The molecule has 0 spiro atoms. The number of hydrogen-bond acceptors (Lipinski definition) is 4. The van der Waals surface area contributed by atoms with Crippen molar-refractivity contribution in [2.24, 2.45) is 0 Å². The Labute approximate surface area is 464 Å². The van der Waals surface area contributed by atoms with Crippen molar-refractivity contribution in [3.8, 4) is 0 Å². The Morgan fingerprint density at radius 3 is 0.824 bits per heavy atom. The number of carbonyl (C=O) groups excluding carboxylic acids is 1. The summed E-state index contributed by atoms with van der Waals surface area (Å²) in [5.41, 5.74) is 0. The van der Waals surface area contributed by atoms with Gasteiger partial charge in [0.2, 0.25) is 5.91 Å². The van der Waals surface area contributed by atoms with Crippen molar-refractivity contribution < 1.29 is 20.1 Å². The maximum atomic E-state index is 12.6. The third-order valence-electron chi connectivity index (χ3n) is 16.3. The molecule has 3 unspecified atom stereocenters. The molecule has 0 aliphatic carbocycles. The molecular weight excluding hydrogens is 907 g/mol. The van der Waals surface area contributed by atoms with Crippen molar-refractivity contribution in [1.82, 2.24) is 5.32 Å². The molecule has 0 bridgehead atoms. The van der Waals surface area contributed by atoms with Crippen molar-refractivity contribution in [2.75, 3.05) is 6.61 Å². The van der Waals surface area contributed by atoms with Gasteiger partial charge >= 0.3 is 0 Å². The van der Waals surface area contributed by atoms with E-state index in [2.05, 4.69) is 31.3 Å². The van der Waals surface area contributed by atoms with Crippen LogP contribution in [0.15, 0.2) is 24.3 Å². The maximum Gasteiger partial charge on any atom is 0.249 e. The largest absolute Gasteiger partial charge is 0.394 e. The van der Waals surface area contributed by atoms with Crippen LogP contribution in [0.1, 0.15) is 386 Å². The van der Waals surface area contributed by atoms with E-state index < -0.39 is 24.2 Å². The summed E-state index contributed by atoms with van der Waals surface area (Å²) in [4.78, 5) is 12.6. The van der Waals surface area contributed by atoms with Crippen LogP contribution in [-0.2, 0) is 4.79 Å². The van der Waals surface area contributed by atoms with Crippen molar-refractivity contribution in [3.05, 3.63) is 24.3 Å². The Morgan fingerprint density at radius 2 is 0.554 bits per heavy atom. The first kappa shape index (κ1) is 72.8. The summed E-state index contributed by atoms with van der Waals surface area (Å²) >= 11 is 0. The summed E-state index contributed by atoms with van der Waals surface area (Å²) < 4.78 is 0. The zero-order valence-corrected chi connectivity index (χ0v) is 50.5. The van der Waals surface area contributed by atoms with Crippen LogP contribution in [-0.4, -0.2) is 46.1 Å². The fourth-order valence-electron chi connectivity index (χ4n) is 11.0. The van der Waals surface area contributed by atoms with E-state index in [1.54, 1.807) is 6.08 Å². The van der Waals surface area contributed by atoms with E-state index in [0.29, 0.717) is 6.42 Å². The molecule has 0 radical (unpaired) electrons. The van der Waals surface area contributed by atoms with E-state index in [4.69, 9.17) is 0 Å². The van der Waals surface area contributed by atoms with Crippen LogP contribution in [0.25, 0.3) is 0 Å². The van der Waals surface area contributed by atoms with Gasteiger partial charge in [0.15, 0.2) is 0 Å². The molecule has 5 heteroatoms. The number of hydrogen-bond donors (Lipinski definition) is 4. The van der Waals surface area contributed by atoms with Crippen molar-refractivity contribution in [2.45, 2.75) is 405 Å². The molecule has 0 aliphatic rings. The van der Waals surface area contributed by atoms with Gasteiger partial charge in [0.1, 0.15) is 6.10 Å². The van der Waals surface area contributed by atoms with Gasteiger partial charge in [0.05, 0.1) is 18.8 Å². The summed E-state index contributed by atoms with van der Waals surface area (Å²) in [5.74, 6) is -0.505. The lowest BCUT2D eigenvalue weighted by atomic mass is 10.0. The second-order valence-electron chi connectivity index (χ2n) is 23.7. The van der Waals surface area contributed by atoms with Crippen LogP contribution in [0.3, 0.4) is 0 Å². The molecule has 0 saturated heterocycles. The summed E-state index contributed by atoms with van der Waals surface area (Å²) in [6.07, 6.45) is 84.7. The first-order valence-electron chi connectivity index (χ1n) is 34.2. The Morgan fingerprint density at radius 1 is 0.324 bits per heavy atom. The van der Waals surface area contributed by atoms with Gasteiger partial charge in [0, 0.05) is 0 Å². The maximum absolute atomic E-state index is 12.6. The molecule has 0 saturated carbocycles. The highest BCUT2D eigenvalue weighted by Crippen LogP contribution is 2.19. The van der Waals surface area contributed by atoms with Crippen LogP contribution in [0.5, 0.6) is 0 Å². The normalized spacial score (nSPS) is 13.2. The van der Waals surface area contributed by atoms with Gasteiger partial charge in [-0.15, -0.1) is 0 Å². The standard InChI is InChI=1S/C69H135NO4/c1-3-5-7-9-11-13-15-17-19-21-23-25-27-28-29-30-31-32-33-34-35-36-37-38-39-40-41-42-44-46-48-50-52-54-56-58-60-62-64-68(73)69(74)70-66(65-71)67(72)63-61-59-57-55-53-51-49-47-45-43-26-24-22-20-18-16-14-12-10-8-6-4-2/h53,55,61,63,66-68,71-73H,3-52,54,56-60,62,64-65H2,1-2H3,(H,70,74)/b55-53+,63-61+. The molecule has 3 atom stereocenters. The topological polar surface area (TPSA) is 89.8 Å². The molecule has 0 heterocycles. The van der Waals surface area contributed by atoms with Crippen LogP contribution in [0, 0.1) is 0 Å². The number of allylic oxidation sites excluding steroid dienone is 3. The SMILES string of the molecule is CCCCCCCCCCCCCCCCCC/C=C/CC/C=C/C(O)C(CO)NC(=O)C(O)CCCCCCCCCCCCCCCCCCCCCCCCCCCCCCCCCCCCCCCC. The molecular formula is C69H135NO4. The minimum Gasteiger partial charge on any atom is -0.394 e. The second kappa shape index (κ2) is 64.4. The van der Waals surface area contributed by atoms with E-state index in [-0.39, 0.29) is 6.61 Å². The van der Waals surface area contributed by atoms with Crippen LogP contribution >= 0.6 is 0 Å². The smallest absolute Gasteiger partial charge is 0.249 e. The predicted octanol–water partition coefficient (Wildman–Crippen LogP) is 22.0. The number of aliphatic hydroxyl groups is 3. The van der Waals surface area contributed by atoms with E-state index in [1.807, 2.05) is 6.08 Å². The number of rotatable bonds is 64. The van der Waals surface area contributed by atoms with Gasteiger partial charge in [-0.2, -0.15) is 0 Å². The van der Waals surface area contributed by atoms with Crippen molar-refractivity contribution in [1.29, 1.82) is 0 Å². The van der Waals surface area contributed by atoms with Crippen LogP contribution in [0.4, 0.5) is 0 Å². The van der Waals surface area contributed by atoms with Gasteiger partial charge in [-0.05, 0) is 32.1 Å². The average molecular weight is 1040 g/mol. The molecule has 0 fully saturated rings. The predicted molar refractivity (Wildman–Crippen MR) is 328 cm³/mol. The minimum absolute atomic E-state index is 0.372. The van der Waals surface area contributed by atoms with E-state index in [1.165, 1.54) is 327 Å². The summed E-state index contributed by atoms with van der Waals surface area (Å²) in [6, 6.07) is -0.813. The number of unbranched alkanes of at least 4 members (excludes halogenated alkanes) is 54. The highest BCUT2D eigenvalue weighted by molar-refractivity contribution is 5.80. The molecule has 0 aromatic rings. The Kier molecular flexibility index (Phi) is 63.3. The molecule has 0 aromatic carbocycles. The summed E-state index contributed by atoms with van der Waals surface area (Å²) in [7, 11) is 0. The lowest BCUT2D eigenvalue weighted by Crippen LogP contribution is -2.48. The minimum atomic E-state index is -1.10. The highest BCUT2D eigenvalue weighted by Gasteiger charge is 2.22. The highest BCUT2D eigenvalue weighted by atomic mass is 16.3. The monoisotopic (exact) mass is 1040 g/mol. The van der Waals surface area contributed by atoms with Gasteiger partial charge in [0.25, 0.3) is 0 Å². The number of carbonyl (C=O) groups is 1. The zero-order chi connectivity index (χ0) is 53.6.